The van der Waals surface area contributed by atoms with Crippen molar-refractivity contribution in [1.82, 2.24) is 19.2 Å². The summed E-state index contributed by atoms with van der Waals surface area (Å²) in [5.74, 6) is -0.280. The molecule has 8 nitrogen and oxygen atoms in total. The minimum atomic E-state index is -3.19. The van der Waals surface area contributed by atoms with Crippen LogP contribution in [0.2, 0.25) is 0 Å². The molecule has 0 atom stereocenters. The molecule has 1 amide bonds. The molecule has 1 fully saturated rings. The summed E-state index contributed by atoms with van der Waals surface area (Å²) in [6.07, 6.45) is 3.71. The molecule has 2 aromatic heterocycles. The van der Waals surface area contributed by atoms with Gasteiger partial charge in [-0.2, -0.15) is 0 Å². The molecular weight excluding hydrogens is 364 g/mol. The van der Waals surface area contributed by atoms with Crippen molar-refractivity contribution in [3.63, 3.8) is 0 Å². The van der Waals surface area contributed by atoms with Crippen molar-refractivity contribution in [2.45, 2.75) is 19.4 Å². The number of nitrogens with one attached hydrogen (secondary N) is 1. The normalized spacial score (nSPS) is 17.0. The van der Waals surface area contributed by atoms with Gasteiger partial charge in [-0.15, -0.1) is 11.3 Å². The molecule has 1 N–H and O–H groups in total. The second-order valence-electron chi connectivity index (χ2n) is 6.11. The van der Waals surface area contributed by atoms with Gasteiger partial charge in [-0.1, -0.05) is 0 Å². The maximum atomic E-state index is 12.3. The van der Waals surface area contributed by atoms with Gasteiger partial charge in [-0.05, 0) is 24.3 Å². The van der Waals surface area contributed by atoms with E-state index in [1.165, 1.54) is 32.8 Å². The van der Waals surface area contributed by atoms with Crippen molar-refractivity contribution in [3.05, 3.63) is 28.1 Å². The Hall–Kier alpha value is -1.78. The number of piperidine rings is 1. The Morgan fingerprint density at radius 1 is 1.40 bits per heavy atom. The zero-order valence-corrected chi connectivity index (χ0v) is 15.5. The smallest absolute Gasteiger partial charge is 0.262 e. The molecule has 1 saturated heterocycles. The molecule has 25 heavy (non-hydrogen) atoms. The maximum Gasteiger partial charge on any atom is 0.262 e. The maximum absolute atomic E-state index is 12.3. The predicted octanol–water partition coefficient (Wildman–Crippen LogP) is 0.246. The van der Waals surface area contributed by atoms with Crippen molar-refractivity contribution in [2.24, 2.45) is 5.92 Å². The van der Waals surface area contributed by atoms with Crippen LogP contribution in [0.3, 0.4) is 0 Å². The van der Waals surface area contributed by atoms with E-state index in [4.69, 9.17) is 0 Å². The SMILES string of the molecule is CS(=O)(=O)N1CCC(C(=O)NCCn2cnc3sccc3c2=O)CC1. The lowest BCUT2D eigenvalue weighted by Crippen LogP contribution is -2.43. The molecule has 3 rings (SSSR count). The van der Waals surface area contributed by atoms with Crippen molar-refractivity contribution >= 4 is 37.5 Å². The number of nitrogens with zero attached hydrogens (tertiary/aromatic N) is 3. The average Bonchev–Trinajstić information content (AvgIpc) is 3.05. The minimum Gasteiger partial charge on any atom is -0.354 e. The Morgan fingerprint density at radius 2 is 2.12 bits per heavy atom. The molecule has 0 spiro atoms. The summed E-state index contributed by atoms with van der Waals surface area (Å²) in [4.78, 5) is 29.4. The van der Waals surface area contributed by atoms with Crippen LogP contribution in [0.5, 0.6) is 0 Å². The van der Waals surface area contributed by atoms with Crippen LogP contribution in [0, 0.1) is 5.92 Å². The number of rotatable bonds is 5. The van der Waals surface area contributed by atoms with Gasteiger partial charge in [0.05, 0.1) is 18.0 Å². The van der Waals surface area contributed by atoms with Gasteiger partial charge in [0, 0.05) is 32.1 Å². The molecule has 0 bridgehead atoms. The highest BCUT2D eigenvalue weighted by molar-refractivity contribution is 7.88. The number of sulfonamides is 1. The molecular formula is C15H20N4O4S2. The molecule has 0 aliphatic carbocycles. The summed E-state index contributed by atoms with van der Waals surface area (Å²) in [5.41, 5.74) is -0.109. The molecule has 136 valence electrons. The van der Waals surface area contributed by atoms with Crippen molar-refractivity contribution in [2.75, 3.05) is 25.9 Å². The first kappa shape index (κ1) is 18.0. The fourth-order valence-corrected chi connectivity index (χ4v) is 4.54. The Morgan fingerprint density at radius 3 is 2.80 bits per heavy atom. The first-order valence-electron chi connectivity index (χ1n) is 8.02. The van der Waals surface area contributed by atoms with Crippen LogP contribution in [0.25, 0.3) is 10.2 Å². The van der Waals surface area contributed by atoms with E-state index in [1.54, 1.807) is 6.07 Å². The second kappa shape index (κ2) is 7.22. The number of hydrogen-bond acceptors (Lipinski definition) is 6. The first-order valence-corrected chi connectivity index (χ1v) is 10.7. The first-order chi connectivity index (χ1) is 11.9. The molecule has 0 saturated carbocycles. The van der Waals surface area contributed by atoms with Gasteiger partial charge in [0.15, 0.2) is 0 Å². The summed E-state index contributed by atoms with van der Waals surface area (Å²) in [6.45, 7) is 1.43. The van der Waals surface area contributed by atoms with Gasteiger partial charge in [0.2, 0.25) is 15.9 Å². The summed E-state index contributed by atoms with van der Waals surface area (Å²) in [5, 5.41) is 5.25. The molecule has 1 aliphatic heterocycles. The number of carbonyl (C=O) groups is 1. The average molecular weight is 384 g/mol. The zero-order chi connectivity index (χ0) is 18.0. The summed E-state index contributed by atoms with van der Waals surface area (Å²) in [7, 11) is -3.19. The highest BCUT2D eigenvalue weighted by atomic mass is 32.2. The Labute approximate surface area is 149 Å². The van der Waals surface area contributed by atoms with Crippen LogP contribution >= 0.6 is 11.3 Å². The Kier molecular flexibility index (Phi) is 5.21. The van der Waals surface area contributed by atoms with Crippen LogP contribution in [-0.2, 0) is 21.4 Å². The third-order valence-electron chi connectivity index (χ3n) is 4.40. The van der Waals surface area contributed by atoms with E-state index in [9.17, 15) is 18.0 Å². The fourth-order valence-electron chi connectivity index (χ4n) is 2.95. The number of aromatic nitrogens is 2. The van der Waals surface area contributed by atoms with Gasteiger partial charge in [-0.25, -0.2) is 17.7 Å². The number of carbonyl (C=O) groups excluding carboxylic acids is 1. The monoisotopic (exact) mass is 384 g/mol. The third-order valence-corrected chi connectivity index (χ3v) is 6.52. The summed E-state index contributed by atoms with van der Waals surface area (Å²) in [6, 6.07) is 1.75. The van der Waals surface area contributed by atoms with Gasteiger partial charge in [-0.3, -0.25) is 14.2 Å². The number of hydrogen-bond donors (Lipinski definition) is 1. The van der Waals surface area contributed by atoms with Crippen molar-refractivity contribution in [1.29, 1.82) is 0 Å². The van der Waals surface area contributed by atoms with E-state index in [2.05, 4.69) is 10.3 Å². The predicted molar refractivity (Wildman–Crippen MR) is 96.0 cm³/mol. The van der Waals surface area contributed by atoms with E-state index in [-0.39, 0.29) is 17.4 Å². The molecule has 1 aliphatic rings. The van der Waals surface area contributed by atoms with Crippen LogP contribution in [0.1, 0.15) is 12.8 Å². The van der Waals surface area contributed by atoms with Crippen molar-refractivity contribution < 1.29 is 13.2 Å². The highest BCUT2D eigenvalue weighted by Crippen LogP contribution is 2.19. The van der Waals surface area contributed by atoms with Crippen LogP contribution in [-0.4, -0.2) is 54.1 Å². The number of thiophene rings is 1. The lowest BCUT2D eigenvalue weighted by Gasteiger charge is -2.29. The minimum absolute atomic E-state index is 0.0919. The molecule has 0 radical (unpaired) electrons. The molecule has 3 heterocycles. The zero-order valence-electron chi connectivity index (χ0n) is 13.8. The van der Waals surface area contributed by atoms with E-state index < -0.39 is 10.0 Å². The molecule has 10 heteroatoms. The third kappa shape index (κ3) is 4.07. The van der Waals surface area contributed by atoms with Gasteiger partial charge in [0.1, 0.15) is 4.83 Å². The van der Waals surface area contributed by atoms with E-state index in [0.29, 0.717) is 49.2 Å². The quantitative estimate of drug-likeness (QED) is 0.796. The number of amides is 1. The Balaban J connectivity index is 1.51. The largest absolute Gasteiger partial charge is 0.354 e. The lowest BCUT2D eigenvalue weighted by atomic mass is 9.97. The number of fused-ring (bicyclic) bond motifs is 1. The van der Waals surface area contributed by atoms with Crippen molar-refractivity contribution in [3.8, 4) is 0 Å². The van der Waals surface area contributed by atoms with E-state index >= 15 is 0 Å². The van der Waals surface area contributed by atoms with Crippen LogP contribution in [0.4, 0.5) is 0 Å². The van der Waals surface area contributed by atoms with Gasteiger partial charge in [0.25, 0.3) is 5.56 Å². The van der Waals surface area contributed by atoms with Gasteiger partial charge >= 0.3 is 0 Å². The second-order valence-corrected chi connectivity index (χ2v) is 8.99. The van der Waals surface area contributed by atoms with Crippen LogP contribution < -0.4 is 10.9 Å². The van der Waals surface area contributed by atoms with Crippen LogP contribution in [0.15, 0.2) is 22.6 Å². The lowest BCUT2D eigenvalue weighted by molar-refractivity contribution is -0.126. The molecule has 0 aromatic carbocycles. The topological polar surface area (TPSA) is 101 Å². The van der Waals surface area contributed by atoms with Gasteiger partial charge < -0.3 is 5.32 Å². The summed E-state index contributed by atoms with van der Waals surface area (Å²) >= 11 is 1.42. The van der Waals surface area contributed by atoms with E-state index in [1.807, 2.05) is 5.38 Å². The molecule has 2 aromatic rings. The fraction of sp³-hybridized carbons (Fsp3) is 0.533. The standard InChI is InChI=1S/C15H20N4O4S2/c1-25(22,23)19-6-2-11(3-7-19)13(20)16-5-8-18-10-17-14-12(15(18)21)4-9-24-14/h4,9-11H,2-3,5-8H2,1H3,(H,16,20). The summed E-state index contributed by atoms with van der Waals surface area (Å²) < 4.78 is 25.9. The molecule has 0 unspecified atom stereocenters. The highest BCUT2D eigenvalue weighted by Gasteiger charge is 2.28. The van der Waals surface area contributed by atoms with E-state index in [0.717, 1.165) is 0 Å². The Bertz CT molecular complexity index is 926.